The van der Waals surface area contributed by atoms with Crippen LogP contribution in [0.15, 0.2) is 85.1 Å². The largest absolute Gasteiger partial charge is 4.00 e. The molecule has 1 radical (unpaired) electrons. The maximum absolute atomic E-state index is 15.2. The SMILES string of the molecule is CC(C)[C@@H]1NC(=O)[C@H](CCCCN)NC(=O)[C@@H](Cc2c[n-]c3ccccc23)NC(=O)[C@H](Cc2ccc([O-])cc2)NC(=O)[C@H](Cc2ccccc2)N(C)C(=O)[C@H](CCSCC(=O)N[C@@H](C)C(=O)N[C@@H](CCCCN)C(=O)N[C@@H](C[S-])C(=O)N[C@@H](CCCCN)C(=N)[O-])NC1=O.[99Tc+4]. The predicted molar refractivity (Wildman–Crippen MR) is 356 cm³/mol. The summed E-state index contributed by atoms with van der Waals surface area (Å²) >= 11 is 6.20. The first kappa shape index (κ1) is 79.8. The minimum Gasteiger partial charge on any atom is -0.872 e. The van der Waals surface area contributed by atoms with Gasteiger partial charge >= 0.3 is 20.1 Å². The summed E-state index contributed by atoms with van der Waals surface area (Å²) in [7, 11) is 1.38. The summed E-state index contributed by atoms with van der Waals surface area (Å²) in [5, 5.41) is 57.0. The van der Waals surface area contributed by atoms with Gasteiger partial charge in [-0.1, -0.05) is 98.3 Å². The van der Waals surface area contributed by atoms with Crippen LogP contribution in [0.4, 0.5) is 0 Å². The number of amides is 10. The Morgan fingerprint density at radius 2 is 1.16 bits per heavy atom. The molecule has 5 rings (SSSR count). The number of carbonyl (C=O) groups excluding carboxylic acids is 10. The Kier molecular flexibility index (Phi) is 34.8. The van der Waals surface area contributed by atoms with Gasteiger partial charge in [-0.25, -0.2) is 0 Å². The van der Waals surface area contributed by atoms with E-state index >= 15 is 9.59 Å². The van der Waals surface area contributed by atoms with Crippen molar-refractivity contribution < 1.29 is 78.3 Å². The normalized spacial score (nSPS) is 19.6. The van der Waals surface area contributed by atoms with Crippen LogP contribution in [-0.2, 0) is 99.9 Å². The van der Waals surface area contributed by atoms with Gasteiger partial charge in [0, 0.05) is 26.3 Å². The number of carbonyl (C=O) groups is 10. The molecule has 2 heterocycles. The van der Waals surface area contributed by atoms with E-state index in [9.17, 15) is 48.6 Å². The number of benzene rings is 3. The standard InChI is InChI=1S/C65H94N15O12S2.Tc/c1-38(2)55-64(91)75-49(27-31-94-37-54(82)71-39(3)57(84)73-47(21-11-14-29-67)58(85)78-52(36-93)62(89)72-46(56(69)83)20-10-13-28-66)65(92)80(4)53(33-40-16-6-5-7-17-40)63(90)77-50(32-41-23-25-43(81)26-24-41)60(87)76-51(34-42-35-70-45-19-9-8-18-44(42)45)61(88)74-48(59(86)79-55)22-12-15-30-68;/h5-9,16-19,23-26,35,38-39,46-53,55,81,93H,10-15,20-22,27-34,36-37,66-68H2,1-4H3,(H2,69,83)(H,71,82)(H,72,89)(H,73,84)(H,74,88)(H,75,91)(H,76,87)(H,77,90)(H,78,85)(H,79,86);/q-1;+4/p-3/t39-,46-,47-,48-,49-,50-,51+,52-,53-,55-;/m0./s1/i;1+1. The Hall–Kier alpha value is -7.60. The van der Waals surface area contributed by atoms with Gasteiger partial charge in [0.05, 0.1) is 17.8 Å². The van der Waals surface area contributed by atoms with E-state index in [1.165, 1.54) is 38.2 Å². The summed E-state index contributed by atoms with van der Waals surface area (Å²) in [6.07, 6.45) is 4.14. The van der Waals surface area contributed by atoms with Crippen LogP contribution in [0, 0.1) is 11.3 Å². The van der Waals surface area contributed by atoms with E-state index in [-0.39, 0.29) is 101 Å². The molecule has 4 aromatic rings. The fourth-order valence-electron chi connectivity index (χ4n) is 10.5. The van der Waals surface area contributed by atoms with Crippen molar-refractivity contribution in [2.24, 2.45) is 23.1 Å². The number of unbranched alkanes of at least 4 members (excludes halogenated alkanes) is 3. The zero-order chi connectivity index (χ0) is 68.9. The molecule has 10 amide bonds. The topological polar surface area (TPSA) is 444 Å². The Morgan fingerprint density at radius 3 is 1.79 bits per heavy atom. The van der Waals surface area contributed by atoms with Gasteiger partial charge in [-0.15, -0.1) is 17.0 Å². The number of thioether (sulfide) groups is 1. The molecule has 1 aliphatic rings. The summed E-state index contributed by atoms with van der Waals surface area (Å²) in [4.78, 5) is 149. The number of para-hydroxylation sites is 1. The van der Waals surface area contributed by atoms with Crippen molar-refractivity contribution in [3.05, 3.63) is 102 Å². The molecule has 1 aliphatic heterocycles. The molecule has 517 valence electrons. The molecule has 3 aromatic carbocycles. The molecule has 0 spiro atoms. The second kappa shape index (κ2) is 41.4. The van der Waals surface area contributed by atoms with E-state index in [1.807, 2.05) is 6.07 Å². The van der Waals surface area contributed by atoms with E-state index < -0.39 is 131 Å². The summed E-state index contributed by atoms with van der Waals surface area (Å²) in [6, 6.07) is 8.60. The van der Waals surface area contributed by atoms with Gasteiger partial charge in [0.25, 0.3) is 0 Å². The number of rotatable bonds is 33. The van der Waals surface area contributed by atoms with Crippen molar-refractivity contribution in [2.45, 2.75) is 165 Å². The molecule has 10 atom stereocenters. The van der Waals surface area contributed by atoms with Gasteiger partial charge in [-0.3, -0.25) is 47.9 Å². The van der Waals surface area contributed by atoms with Gasteiger partial charge in [0.1, 0.15) is 48.3 Å². The Balaban J connectivity index is 0.0000192. The molecular formula is C65H91N15O12S2Tc. The zero-order valence-corrected chi connectivity index (χ0v) is 57.6. The molecule has 95 heavy (non-hydrogen) atoms. The van der Waals surface area contributed by atoms with Crippen molar-refractivity contribution >= 4 is 100 Å². The van der Waals surface area contributed by atoms with Gasteiger partial charge in [-0.05, 0) is 125 Å². The third-order valence-electron chi connectivity index (χ3n) is 16.0. The van der Waals surface area contributed by atoms with Crippen molar-refractivity contribution in [3.8, 4) is 5.75 Å². The number of fused-ring (bicyclic) bond motifs is 1. The minimum absolute atomic E-state index is 0. The third kappa shape index (κ3) is 25.8. The van der Waals surface area contributed by atoms with Crippen molar-refractivity contribution in [2.75, 3.05) is 43.9 Å². The maximum Gasteiger partial charge on any atom is 4.00 e. The van der Waals surface area contributed by atoms with Gasteiger partial charge in [0.2, 0.25) is 59.1 Å². The Bertz CT molecular complexity index is 3180. The monoisotopic (exact) mass is 1440 g/mol. The number of nitrogens with zero attached hydrogens (tertiary/aromatic N) is 2. The molecule has 0 bridgehead atoms. The van der Waals surface area contributed by atoms with Crippen molar-refractivity contribution in [3.63, 3.8) is 0 Å². The molecule has 1 aromatic heterocycles. The molecule has 1 fully saturated rings. The summed E-state index contributed by atoms with van der Waals surface area (Å²) < 4.78 is 0. The minimum atomic E-state index is -1.44. The number of aromatic nitrogens is 1. The first-order chi connectivity index (χ1) is 45.0. The maximum atomic E-state index is 15.2. The predicted octanol–water partition coefficient (Wildman–Crippen LogP) is -1.83. The Morgan fingerprint density at radius 1 is 0.621 bits per heavy atom. The van der Waals surface area contributed by atoms with Crippen LogP contribution in [0.1, 0.15) is 102 Å². The van der Waals surface area contributed by atoms with Crippen molar-refractivity contribution in [1.29, 1.82) is 5.41 Å². The van der Waals surface area contributed by atoms with Gasteiger partial charge in [0.15, 0.2) is 0 Å². The zero-order valence-electron chi connectivity index (χ0n) is 54.1. The summed E-state index contributed by atoms with van der Waals surface area (Å²) in [5.41, 5.74) is 19.5. The third-order valence-corrected chi connectivity index (χ3v) is 17.3. The van der Waals surface area contributed by atoms with Crippen LogP contribution in [-0.4, -0.2) is 174 Å². The summed E-state index contributed by atoms with van der Waals surface area (Å²) in [6.45, 7) is 5.66. The average molecular weight is 1440 g/mol. The van der Waals surface area contributed by atoms with Crippen molar-refractivity contribution in [1.82, 2.24) is 57.7 Å². The molecular weight excluding hydrogens is 1350 g/mol. The fourth-order valence-corrected chi connectivity index (χ4v) is 11.6. The molecule has 0 saturated carbocycles. The summed E-state index contributed by atoms with van der Waals surface area (Å²) in [5.74, 6) is -10.0. The van der Waals surface area contributed by atoms with E-state index in [2.05, 4.69) is 52.8 Å². The van der Waals surface area contributed by atoms with Crippen LogP contribution < -0.4 is 80.2 Å². The van der Waals surface area contributed by atoms with Gasteiger partial charge < -0.3 is 103 Å². The second-order valence-electron chi connectivity index (χ2n) is 23.7. The fraction of sp³-hybridized carbons (Fsp3) is 0.523. The number of hydrogen-bond donors (Lipinski definition) is 13. The quantitative estimate of drug-likeness (QED) is 0.0108. The van der Waals surface area contributed by atoms with E-state index in [1.54, 1.807) is 68.6 Å². The van der Waals surface area contributed by atoms with Crippen LogP contribution in [0.2, 0.25) is 0 Å². The van der Waals surface area contributed by atoms with Crippen LogP contribution in [0.5, 0.6) is 5.75 Å². The number of nitrogens with one attached hydrogen (secondary N) is 10. The molecule has 0 aliphatic carbocycles. The average Bonchev–Trinajstić information content (AvgIpc) is 1.82. The number of nitrogens with two attached hydrogens (primary N) is 3. The number of hydrogen-bond acceptors (Lipinski definition) is 18. The Labute approximate surface area is 577 Å². The molecule has 30 heteroatoms. The van der Waals surface area contributed by atoms with Crippen LogP contribution in [0.3, 0.4) is 0 Å². The molecule has 27 nitrogen and oxygen atoms in total. The number of likely N-dealkylation sites (N-methyl/N-ethyl adjacent to an activating group) is 1. The van der Waals surface area contributed by atoms with Crippen LogP contribution >= 0.6 is 11.8 Å². The molecule has 16 N–H and O–H groups in total. The molecule has 1 saturated heterocycles. The second-order valence-corrected chi connectivity index (χ2v) is 25.1. The smallest absolute Gasteiger partial charge is 0.872 e. The van der Waals surface area contributed by atoms with E-state index in [0.717, 1.165) is 16.7 Å². The first-order valence-electron chi connectivity index (χ1n) is 31.8. The van der Waals surface area contributed by atoms with Gasteiger partial charge in [-0.2, -0.15) is 18.0 Å². The first-order valence-corrected chi connectivity index (χ1v) is 33.5. The molecule has 0 unspecified atom stereocenters. The van der Waals surface area contributed by atoms with Crippen LogP contribution in [0.25, 0.3) is 10.9 Å². The van der Waals surface area contributed by atoms with E-state index in [4.69, 9.17) is 35.2 Å². The van der Waals surface area contributed by atoms with E-state index in [0.29, 0.717) is 72.7 Å².